The summed E-state index contributed by atoms with van der Waals surface area (Å²) in [5, 5.41) is 3.48. The van der Waals surface area contributed by atoms with Crippen molar-refractivity contribution in [1.29, 1.82) is 0 Å². The number of thiazole rings is 1. The van der Waals surface area contributed by atoms with Crippen molar-refractivity contribution in [2.24, 2.45) is 0 Å². The number of hydrogen-bond acceptors (Lipinski definition) is 5. The van der Waals surface area contributed by atoms with Gasteiger partial charge in [-0.2, -0.15) is 5.38 Å². The topological polar surface area (TPSA) is 40.6 Å². The number of ether oxygens (including phenoxy) is 3. The number of nitrogens with zero attached hydrogens (tertiary/aromatic N) is 1. The van der Waals surface area contributed by atoms with Crippen LogP contribution in [-0.4, -0.2) is 30.1 Å². The van der Waals surface area contributed by atoms with Crippen LogP contribution in [0.4, 0.5) is 0 Å². The first-order valence-electron chi connectivity index (χ1n) is 4.42. The first kappa shape index (κ1) is 13.0. The Morgan fingerprint density at radius 1 is 1.73 bits per heavy atom. The summed E-state index contributed by atoms with van der Waals surface area (Å²) in [6.45, 7) is 4.83. The molecule has 0 spiro atoms. The fourth-order valence-electron chi connectivity index (χ4n) is 1.26. The predicted molar refractivity (Wildman–Crippen MR) is 51.3 cm³/mol. The Morgan fingerprint density at radius 3 is 3.07 bits per heavy atom. The molecule has 0 aromatic carbocycles. The Balaban J connectivity index is 0.00000112. The van der Waals surface area contributed by atoms with Crippen molar-refractivity contribution in [3.8, 4) is 5.19 Å². The van der Waals surface area contributed by atoms with Gasteiger partial charge in [0.1, 0.15) is 11.3 Å². The van der Waals surface area contributed by atoms with Crippen LogP contribution in [0.2, 0.25) is 0 Å². The van der Waals surface area contributed by atoms with E-state index in [0.717, 1.165) is 0 Å². The molecule has 0 N–H and O–H groups in total. The zero-order chi connectivity index (χ0) is 10.0. The second-order valence-electron chi connectivity index (χ2n) is 3.51. The van der Waals surface area contributed by atoms with Crippen molar-refractivity contribution >= 4 is 11.3 Å². The minimum Gasteiger partial charge on any atom is -0.552 e. The number of hydrogen-bond donors (Lipinski definition) is 0. The summed E-state index contributed by atoms with van der Waals surface area (Å²) < 4.78 is 16.4. The van der Waals surface area contributed by atoms with E-state index in [1.165, 1.54) is 11.3 Å². The molecule has 0 amide bonds. The van der Waals surface area contributed by atoms with Crippen LogP contribution in [0.1, 0.15) is 13.8 Å². The third-order valence-electron chi connectivity index (χ3n) is 1.83. The monoisotopic (exact) mass is 221 g/mol. The zero-order valence-electron chi connectivity index (χ0n) is 9.15. The third-order valence-corrected chi connectivity index (χ3v) is 2.45. The van der Waals surface area contributed by atoms with Crippen LogP contribution >= 0.6 is 11.3 Å². The van der Waals surface area contributed by atoms with E-state index >= 15 is 0 Å². The second kappa shape index (κ2) is 5.33. The van der Waals surface area contributed by atoms with Gasteiger partial charge in [0, 0.05) is 0 Å². The summed E-state index contributed by atoms with van der Waals surface area (Å²) in [6.07, 6.45) is 1.59. The maximum atomic E-state index is 5.57. The zero-order valence-corrected chi connectivity index (χ0v) is 9.97. The quantitative estimate of drug-likeness (QED) is 0.459. The fourth-order valence-corrected chi connectivity index (χ4v) is 1.70. The van der Waals surface area contributed by atoms with E-state index in [1.54, 1.807) is 6.20 Å². The van der Waals surface area contributed by atoms with E-state index < -0.39 is 5.79 Å². The smallest absolute Gasteiger partial charge is 0.552 e. The molecule has 15 heavy (non-hydrogen) atoms. The Bertz CT molecular complexity index is 292. The summed E-state index contributed by atoms with van der Waals surface area (Å²) >= 11 is 1.35. The van der Waals surface area contributed by atoms with Crippen LogP contribution in [0.3, 0.4) is 0 Å². The third kappa shape index (κ3) is 3.78. The van der Waals surface area contributed by atoms with Gasteiger partial charge < -0.3 is 19.2 Å². The van der Waals surface area contributed by atoms with Gasteiger partial charge in [-0.05, 0) is 13.8 Å². The van der Waals surface area contributed by atoms with Crippen LogP contribution in [0.15, 0.2) is 6.20 Å². The van der Waals surface area contributed by atoms with Gasteiger partial charge in [0.05, 0.1) is 13.2 Å². The molecule has 0 aliphatic carbocycles. The molecule has 0 radical (unpaired) electrons. The van der Waals surface area contributed by atoms with Gasteiger partial charge in [-0.1, -0.05) is 6.20 Å². The van der Waals surface area contributed by atoms with E-state index in [4.69, 9.17) is 14.2 Å². The first-order valence-corrected chi connectivity index (χ1v) is 5.24. The van der Waals surface area contributed by atoms with E-state index in [9.17, 15) is 0 Å². The maximum Gasteiger partial charge on any atom is 1.00 e. The predicted octanol–water partition coefficient (Wildman–Crippen LogP) is -1.52. The molecule has 2 heterocycles. The standard InChI is InChI=1S/C9H12NO3S.Li/c1-9(2)12-6-7(13-9)5-11-8-10-3-4-14-8;/h3,7H,5-6H2,1-2H3;/q-1;+1. The molecule has 1 fully saturated rings. The van der Waals surface area contributed by atoms with E-state index in [0.29, 0.717) is 18.4 Å². The molecule has 0 saturated carbocycles. The van der Waals surface area contributed by atoms with Crippen LogP contribution in [0, 0.1) is 5.38 Å². The summed E-state index contributed by atoms with van der Waals surface area (Å²) in [5.74, 6) is -0.483. The van der Waals surface area contributed by atoms with Gasteiger partial charge >= 0.3 is 18.9 Å². The molecular formula is C9H12LiNO3S. The molecule has 2 rings (SSSR count). The molecule has 1 aliphatic heterocycles. The van der Waals surface area contributed by atoms with E-state index in [-0.39, 0.29) is 25.0 Å². The van der Waals surface area contributed by atoms with Crippen LogP contribution in [0.5, 0.6) is 5.19 Å². The van der Waals surface area contributed by atoms with E-state index in [2.05, 4.69) is 10.4 Å². The van der Waals surface area contributed by atoms with Gasteiger partial charge in [-0.25, -0.2) is 0 Å². The van der Waals surface area contributed by atoms with Crippen LogP contribution < -0.4 is 23.6 Å². The molecule has 0 bridgehead atoms. The fraction of sp³-hybridized carbons (Fsp3) is 0.667. The van der Waals surface area contributed by atoms with Crippen molar-refractivity contribution in [3.05, 3.63) is 11.6 Å². The molecule has 6 heteroatoms. The molecule has 4 nitrogen and oxygen atoms in total. The van der Waals surface area contributed by atoms with Crippen molar-refractivity contribution in [2.75, 3.05) is 13.2 Å². The molecule has 1 aromatic rings. The van der Waals surface area contributed by atoms with Gasteiger partial charge in [0.15, 0.2) is 5.79 Å². The summed E-state index contributed by atoms with van der Waals surface area (Å²) in [4.78, 5) is 3.96. The maximum absolute atomic E-state index is 5.57. The van der Waals surface area contributed by atoms with Gasteiger partial charge in [-0.3, -0.25) is 11.3 Å². The molecule has 1 atom stereocenters. The van der Waals surface area contributed by atoms with Crippen molar-refractivity contribution in [1.82, 2.24) is 4.98 Å². The SMILES string of the molecule is CC1(C)OCC(COc2nc[c-]s2)O1.[Li+]. The van der Waals surface area contributed by atoms with Crippen LogP contribution in [-0.2, 0) is 9.47 Å². The second-order valence-corrected chi connectivity index (χ2v) is 4.29. The summed E-state index contributed by atoms with van der Waals surface area (Å²) in [6, 6.07) is 0. The minimum atomic E-state index is -0.483. The Morgan fingerprint density at radius 2 is 2.53 bits per heavy atom. The Kier molecular flexibility index (Phi) is 4.62. The number of aromatic nitrogens is 1. The molecule has 1 aromatic heterocycles. The average Bonchev–Trinajstić information content (AvgIpc) is 2.70. The largest absolute Gasteiger partial charge is 1.00 e. The molecule has 1 unspecified atom stereocenters. The van der Waals surface area contributed by atoms with Crippen molar-refractivity contribution in [3.63, 3.8) is 0 Å². The summed E-state index contributed by atoms with van der Waals surface area (Å²) in [5.41, 5.74) is 0. The van der Waals surface area contributed by atoms with Crippen LogP contribution in [0.25, 0.3) is 0 Å². The van der Waals surface area contributed by atoms with Crippen molar-refractivity contribution in [2.45, 2.75) is 25.7 Å². The molecule has 1 saturated heterocycles. The minimum absolute atomic E-state index is 0. The Labute approximate surface area is 105 Å². The molecule has 1 aliphatic rings. The normalized spacial score (nSPS) is 23.5. The molecule has 78 valence electrons. The first-order chi connectivity index (χ1) is 6.66. The summed E-state index contributed by atoms with van der Waals surface area (Å²) in [7, 11) is 0. The Hall–Kier alpha value is -0.0526. The van der Waals surface area contributed by atoms with Gasteiger partial charge in [-0.15, -0.1) is 0 Å². The molecular weight excluding hydrogens is 209 g/mol. The van der Waals surface area contributed by atoms with Gasteiger partial charge in [0.25, 0.3) is 0 Å². The number of rotatable bonds is 3. The average molecular weight is 221 g/mol. The van der Waals surface area contributed by atoms with Gasteiger partial charge in [0.2, 0.25) is 0 Å². The van der Waals surface area contributed by atoms with E-state index in [1.807, 2.05) is 13.8 Å². The van der Waals surface area contributed by atoms with Crippen molar-refractivity contribution < 1.29 is 33.1 Å².